The lowest BCUT2D eigenvalue weighted by Crippen LogP contribution is -2.32. The maximum atomic E-state index is 5.75. The number of hydrogen-bond donors (Lipinski definition) is 1. The summed E-state index contributed by atoms with van der Waals surface area (Å²) < 4.78 is 11.6. The standard InChI is InChI=1S/C11H18N8O2/c1-20-5-3-18(4-6-21-2)10-15-9(12)16-11(17-10)19-8-13-7-14-19/h7-8H,3-6H2,1-2H3,(H2,12,15,16,17). The summed E-state index contributed by atoms with van der Waals surface area (Å²) in [4.78, 5) is 18.3. The predicted octanol–water partition coefficient (Wildman–Crippen LogP) is -0.866. The fraction of sp³-hybridized carbons (Fsp3) is 0.545. The highest BCUT2D eigenvalue weighted by Crippen LogP contribution is 2.11. The van der Waals surface area contributed by atoms with Gasteiger partial charge >= 0.3 is 0 Å². The van der Waals surface area contributed by atoms with Crippen molar-refractivity contribution in [2.24, 2.45) is 0 Å². The summed E-state index contributed by atoms with van der Waals surface area (Å²) >= 11 is 0. The lowest BCUT2D eigenvalue weighted by atomic mass is 10.5. The second kappa shape index (κ2) is 7.45. The summed E-state index contributed by atoms with van der Waals surface area (Å²) in [6.45, 7) is 2.29. The Morgan fingerprint density at radius 3 is 2.43 bits per heavy atom. The summed E-state index contributed by atoms with van der Waals surface area (Å²) in [6.07, 6.45) is 2.89. The van der Waals surface area contributed by atoms with E-state index in [1.54, 1.807) is 14.2 Å². The summed E-state index contributed by atoms with van der Waals surface area (Å²) in [5, 5.41) is 3.98. The number of nitrogen functional groups attached to an aromatic ring is 1. The Morgan fingerprint density at radius 2 is 1.86 bits per heavy atom. The molecule has 10 heteroatoms. The van der Waals surface area contributed by atoms with E-state index in [0.29, 0.717) is 38.2 Å². The second-order valence-electron chi connectivity index (χ2n) is 4.11. The van der Waals surface area contributed by atoms with Crippen molar-refractivity contribution in [2.75, 3.05) is 51.2 Å². The smallest absolute Gasteiger partial charge is 0.258 e. The molecule has 0 aromatic carbocycles. The van der Waals surface area contributed by atoms with Crippen LogP contribution in [0.3, 0.4) is 0 Å². The van der Waals surface area contributed by atoms with E-state index < -0.39 is 0 Å². The van der Waals surface area contributed by atoms with Crippen molar-refractivity contribution in [1.82, 2.24) is 29.7 Å². The van der Waals surface area contributed by atoms with Crippen molar-refractivity contribution >= 4 is 11.9 Å². The zero-order valence-electron chi connectivity index (χ0n) is 12.0. The second-order valence-corrected chi connectivity index (χ2v) is 4.11. The van der Waals surface area contributed by atoms with Gasteiger partial charge in [0.15, 0.2) is 0 Å². The molecule has 2 rings (SSSR count). The summed E-state index contributed by atoms with van der Waals surface area (Å²) in [6, 6.07) is 0. The van der Waals surface area contributed by atoms with Crippen LogP contribution in [0.2, 0.25) is 0 Å². The number of anilines is 2. The molecule has 10 nitrogen and oxygen atoms in total. The highest BCUT2D eigenvalue weighted by Gasteiger charge is 2.13. The van der Waals surface area contributed by atoms with Crippen LogP contribution in [0, 0.1) is 0 Å². The molecule has 0 saturated carbocycles. The Bertz CT molecular complexity index is 539. The van der Waals surface area contributed by atoms with Gasteiger partial charge in [-0.1, -0.05) is 0 Å². The Hall–Kier alpha value is -2.33. The lowest BCUT2D eigenvalue weighted by molar-refractivity contribution is 0.189. The molecule has 0 aliphatic carbocycles. The van der Waals surface area contributed by atoms with Crippen LogP contribution in [0.4, 0.5) is 11.9 Å². The molecule has 2 heterocycles. The van der Waals surface area contributed by atoms with Crippen molar-refractivity contribution in [2.45, 2.75) is 0 Å². The molecule has 0 amide bonds. The molecule has 0 aliphatic rings. The van der Waals surface area contributed by atoms with Gasteiger partial charge in [-0.05, 0) is 0 Å². The first-order valence-corrected chi connectivity index (χ1v) is 6.34. The van der Waals surface area contributed by atoms with Crippen LogP contribution in [-0.4, -0.2) is 70.2 Å². The van der Waals surface area contributed by atoms with Gasteiger partial charge in [0.05, 0.1) is 13.2 Å². The van der Waals surface area contributed by atoms with Crippen LogP contribution in [-0.2, 0) is 9.47 Å². The average Bonchev–Trinajstić information content (AvgIpc) is 3.01. The van der Waals surface area contributed by atoms with Gasteiger partial charge in [0.2, 0.25) is 11.9 Å². The molecular formula is C11H18N8O2. The van der Waals surface area contributed by atoms with Gasteiger partial charge in [-0.3, -0.25) is 0 Å². The van der Waals surface area contributed by atoms with Gasteiger partial charge in [0.1, 0.15) is 12.7 Å². The van der Waals surface area contributed by atoms with Crippen molar-refractivity contribution in [3.8, 4) is 5.95 Å². The molecule has 0 aliphatic heterocycles. The molecule has 0 radical (unpaired) electrons. The Kier molecular flexibility index (Phi) is 5.35. The third-order valence-corrected chi connectivity index (χ3v) is 2.67. The highest BCUT2D eigenvalue weighted by atomic mass is 16.5. The average molecular weight is 294 g/mol. The van der Waals surface area contributed by atoms with E-state index in [1.807, 2.05) is 4.90 Å². The quantitative estimate of drug-likeness (QED) is 0.663. The van der Waals surface area contributed by atoms with Crippen LogP contribution < -0.4 is 10.6 Å². The molecule has 0 saturated heterocycles. The molecule has 0 fully saturated rings. The number of rotatable bonds is 8. The largest absolute Gasteiger partial charge is 0.383 e. The molecular weight excluding hydrogens is 276 g/mol. The number of methoxy groups -OCH3 is 2. The summed E-state index contributed by atoms with van der Waals surface area (Å²) in [5.74, 6) is 0.877. The SMILES string of the molecule is COCCN(CCOC)c1nc(N)nc(-n2cncn2)n1. The molecule has 21 heavy (non-hydrogen) atoms. The first-order valence-electron chi connectivity index (χ1n) is 6.34. The normalized spacial score (nSPS) is 10.8. The van der Waals surface area contributed by atoms with E-state index >= 15 is 0 Å². The van der Waals surface area contributed by atoms with Gasteiger partial charge in [0, 0.05) is 27.3 Å². The van der Waals surface area contributed by atoms with E-state index in [4.69, 9.17) is 15.2 Å². The van der Waals surface area contributed by atoms with Crippen LogP contribution in [0.25, 0.3) is 5.95 Å². The van der Waals surface area contributed by atoms with Crippen LogP contribution in [0.1, 0.15) is 0 Å². The van der Waals surface area contributed by atoms with E-state index in [1.165, 1.54) is 17.3 Å². The third-order valence-electron chi connectivity index (χ3n) is 2.67. The van der Waals surface area contributed by atoms with E-state index in [0.717, 1.165) is 0 Å². The van der Waals surface area contributed by atoms with E-state index in [9.17, 15) is 0 Å². The Labute approximate surface area is 121 Å². The molecule has 0 unspecified atom stereocenters. The Balaban J connectivity index is 2.26. The van der Waals surface area contributed by atoms with Gasteiger partial charge in [-0.15, -0.1) is 0 Å². The minimum absolute atomic E-state index is 0.116. The number of hydrogen-bond acceptors (Lipinski definition) is 9. The molecule has 2 N–H and O–H groups in total. The molecule has 0 bridgehead atoms. The van der Waals surface area contributed by atoms with Crippen molar-refractivity contribution in [3.63, 3.8) is 0 Å². The number of nitrogens with zero attached hydrogens (tertiary/aromatic N) is 7. The molecule has 114 valence electrons. The maximum Gasteiger partial charge on any atom is 0.258 e. The van der Waals surface area contributed by atoms with Crippen LogP contribution >= 0.6 is 0 Å². The fourth-order valence-electron chi connectivity index (χ4n) is 1.64. The molecule has 2 aromatic rings. The lowest BCUT2D eigenvalue weighted by Gasteiger charge is -2.22. The summed E-state index contributed by atoms with van der Waals surface area (Å²) in [7, 11) is 3.27. The number of nitrogens with two attached hydrogens (primary N) is 1. The fourth-order valence-corrected chi connectivity index (χ4v) is 1.64. The van der Waals surface area contributed by atoms with E-state index in [2.05, 4.69) is 25.0 Å². The minimum atomic E-state index is 0.116. The van der Waals surface area contributed by atoms with Crippen LogP contribution in [0.5, 0.6) is 0 Å². The number of aromatic nitrogens is 6. The first kappa shape index (κ1) is 15.1. The predicted molar refractivity (Wildman–Crippen MR) is 75.1 cm³/mol. The van der Waals surface area contributed by atoms with Crippen molar-refractivity contribution in [3.05, 3.63) is 12.7 Å². The van der Waals surface area contributed by atoms with Gasteiger partial charge in [-0.25, -0.2) is 4.98 Å². The first-order chi connectivity index (χ1) is 10.2. The van der Waals surface area contributed by atoms with Crippen molar-refractivity contribution < 1.29 is 9.47 Å². The highest BCUT2D eigenvalue weighted by molar-refractivity contribution is 5.37. The third kappa shape index (κ3) is 4.07. The van der Waals surface area contributed by atoms with Gasteiger partial charge in [0.25, 0.3) is 5.95 Å². The zero-order valence-corrected chi connectivity index (χ0v) is 12.0. The Morgan fingerprint density at radius 1 is 1.14 bits per heavy atom. The topological polar surface area (TPSA) is 117 Å². The minimum Gasteiger partial charge on any atom is -0.383 e. The van der Waals surface area contributed by atoms with Gasteiger partial charge < -0.3 is 20.1 Å². The zero-order chi connectivity index (χ0) is 15.1. The molecule has 2 aromatic heterocycles. The van der Waals surface area contributed by atoms with Crippen molar-refractivity contribution in [1.29, 1.82) is 0 Å². The van der Waals surface area contributed by atoms with Crippen LogP contribution in [0.15, 0.2) is 12.7 Å². The number of ether oxygens (including phenoxy) is 2. The van der Waals surface area contributed by atoms with Gasteiger partial charge in [-0.2, -0.15) is 24.7 Å². The summed E-state index contributed by atoms with van der Waals surface area (Å²) in [5.41, 5.74) is 5.75. The monoisotopic (exact) mass is 294 g/mol. The maximum absolute atomic E-state index is 5.75. The molecule has 0 atom stereocenters. The molecule has 0 spiro atoms. The van der Waals surface area contributed by atoms with E-state index in [-0.39, 0.29) is 5.95 Å².